The number of ether oxygens (including phenoxy) is 1. The normalized spacial score (nSPS) is 16.3. The van der Waals surface area contributed by atoms with Crippen LogP contribution < -0.4 is 11.2 Å². The Hall–Kier alpha value is -1.93. The van der Waals surface area contributed by atoms with Gasteiger partial charge in [0.15, 0.2) is 0 Å². The summed E-state index contributed by atoms with van der Waals surface area (Å²) in [7, 11) is 2.70. The molecule has 1 N–H and O–H groups in total. The summed E-state index contributed by atoms with van der Waals surface area (Å²) in [6.07, 6.45) is 0. The van der Waals surface area contributed by atoms with Crippen LogP contribution in [0.25, 0.3) is 0 Å². The molecule has 1 aromatic rings. The zero-order chi connectivity index (χ0) is 14.9. The van der Waals surface area contributed by atoms with Crippen LogP contribution in [0.3, 0.4) is 0 Å². The second-order valence-corrected chi connectivity index (χ2v) is 4.73. The van der Waals surface area contributed by atoms with E-state index in [1.807, 2.05) is 4.90 Å². The smallest absolute Gasteiger partial charge is 0.353 e. The van der Waals surface area contributed by atoms with E-state index >= 15 is 0 Å². The molecule has 20 heavy (non-hydrogen) atoms. The first kappa shape index (κ1) is 14.5. The summed E-state index contributed by atoms with van der Waals surface area (Å²) in [6.45, 7) is 2.56. The lowest BCUT2D eigenvalue weighted by Crippen LogP contribution is -2.45. The van der Waals surface area contributed by atoms with Gasteiger partial charge in [0.2, 0.25) is 0 Å². The highest BCUT2D eigenvalue weighted by molar-refractivity contribution is 5.87. The molecular weight excluding hydrogens is 266 g/mol. The van der Waals surface area contributed by atoms with Gasteiger partial charge in [-0.05, 0) is 0 Å². The summed E-state index contributed by atoms with van der Waals surface area (Å²) in [5.74, 6) is -1.27. The topological polar surface area (TPSA) is 93.8 Å². The molecule has 8 heteroatoms. The third-order valence-electron chi connectivity index (χ3n) is 3.45. The molecule has 8 nitrogen and oxygen atoms in total. The minimum absolute atomic E-state index is 0.129. The van der Waals surface area contributed by atoms with E-state index in [4.69, 9.17) is 4.74 Å². The van der Waals surface area contributed by atoms with Crippen LogP contribution in [-0.2, 0) is 25.4 Å². The number of hydrogen-bond donors (Lipinski definition) is 1. The Morgan fingerprint density at radius 1 is 1.20 bits per heavy atom. The molecule has 2 heterocycles. The Morgan fingerprint density at radius 3 is 2.35 bits per heavy atom. The van der Waals surface area contributed by atoms with E-state index in [9.17, 15) is 19.5 Å². The van der Waals surface area contributed by atoms with Gasteiger partial charge < -0.3 is 9.84 Å². The number of carboxylic acid groups (broad SMARTS) is 1. The fraction of sp³-hybridized carbons (Fsp3) is 0.583. The molecule has 0 amide bonds. The minimum atomic E-state index is -1.27. The van der Waals surface area contributed by atoms with Crippen LogP contribution in [-0.4, -0.2) is 51.4 Å². The molecule has 0 radical (unpaired) electrons. The van der Waals surface area contributed by atoms with E-state index in [1.54, 1.807) is 0 Å². The van der Waals surface area contributed by atoms with Gasteiger partial charge in [-0.25, -0.2) is 9.59 Å². The molecule has 110 valence electrons. The Balaban J connectivity index is 2.52. The quantitative estimate of drug-likeness (QED) is 0.734. The molecule has 1 aliphatic rings. The molecule has 0 unspecified atom stereocenters. The van der Waals surface area contributed by atoms with Crippen molar-refractivity contribution < 1.29 is 14.6 Å². The number of morpholine rings is 1. The maximum atomic E-state index is 12.2. The highest BCUT2D eigenvalue weighted by Gasteiger charge is 2.23. The minimum Gasteiger partial charge on any atom is -0.477 e. The number of hydrogen-bond acceptors (Lipinski definition) is 5. The number of nitrogens with zero attached hydrogens (tertiary/aromatic N) is 3. The van der Waals surface area contributed by atoms with Gasteiger partial charge in [-0.15, -0.1) is 0 Å². The summed E-state index contributed by atoms with van der Waals surface area (Å²) in [6, 6.07) is 0. The molecular formula is C12H17N3O5. The molecule has 0 spiro atoms. The molecule has 0 aliphatic carbocycles. The van der Waals surface area contributed by atoms with Crippen molar-refractivity contribution in [3.05, 3.63) is 32.1 Å². The SMILES string of the molecule is Cn1c(C(=O)O)c(CN2CCOCC2)c(=O)n(C)c1=O. The Morgan fingerprint density at radius 2 is 1.80 bits per heavy atom. The van der Waals surface area contributed by atoms with Gasteiger partial charge in [0.25, 0.3) is 5.56 Å². The lowest BCUT2D eigenvalue weighted by molar-refractivity contribution is 0.0335. The fourth-order valence-electron chi connectivity index (χ4n) is 2.31. The number of aromatic carboxylic acids is 1. The molecule has 2 rings (SSSR count). The van der Waals surface area contributed by atoms with Crippen molar-refractivity contribution >= 4 is 5.97 Å². The second-order valence-electron chi connectivity index (χ2n) is 4.73. The predicted octanol–water partition coefficient (Wildman–Crippen LogP) is -1.39. The maximum Gasteiger partial charge on any atom is 0.353 e. The molecule has 0 saturated carbocycles. The second kappa shape index (κ2) is 5.59. The maximum absolute atomic E-state index is 12.2. The zero-order valence-corrected chi connectivity index (χ0v) is 11.5. The Bertz CT molecular complexity index is 640. The van der Waals surface area contributed by atoms with E-state index in [0.717, 1.165) is 9.13 Å². The summed E-state index contributed by atoms with van der Waals surface area (Å²) in [4.78, 5) is 37.2. The average Bonchev–Trinajstić information content (AvgIpc) is 2.43. The lowest BCUT2D eigenvalue weighted by atomic mass is 10.2. The van der Waals surface area contributed by atoms with E-state index in [2.05, 4.69) is 0 Å². The molecule has 1 fully saturated rings. The van der Waals surface area contributed by atoms with Crippen molar-refractivity contribution in [3.63, 3.8) is 0 Å². The number of aromatic nitrogens is 2. The Labute approximate surface area is 114 Å². The predicted molar refractivity (Wildman–Crippen MR) is 70.0 cm³/mol. The highest BCUT2D eigenvalue weighted by atomic mass is 16.5. The number of rotatable bonds is 3. The average molecular weight is 283 g/mol. The first-order valence-corrected chi connectivity index (χ1v) is 6.25. The third kappa shape index (κ3) is 2.52. The van der Waals surface area contributed by atoms with Crippen molar-refractivity contribution in [2.75, 3.05) is 26.3 Å². The molecule has 0 atom stereocenters. The van der Waals surface area contributed by atoms with Crippen LogP contribution in [0.1, 0.15) is 16.1 Å². The van der Waals surface area contributed by atoms with Crippen LogP contribution in [0, 0.1) is 0 Å². The Kier molecular flexibility index (Phi) is 4.05. The molecule has 1 saturated heterocycles. The molecule has 1 aromatic heterocycles. The first-order valence-electron chi connectivity index (χ1n) is 6.25. The van der Waals surface area contributed by atoms with Crippen LogP contribution >= 0.6 is 0 Å². The van der Waals surface area contributed by atoms with Gasteiger partial charge in [-0.3, -0.25) is 18.8 Å². The van der Waals surface area contributed by atoms with Crippen LogP contribution in [0.5, 0.6) is 0 Å². The number of carboxylic acids is 1. The zero-order valence-electron chi connectivity index (χ0n) is 11.5. The van der Waals surface area contributed by atoms with E-state index in [-0.39, 0.29) is 17.8 Å². The van der Waals surface area contributed by atoms with E-state index in [1.165, 1.54) is 14.1 Å². The standard InChI is InChI=1S/C12H17N3O5/c1-13-9(11(17)18)8(10(16)14(2)12(13)19)7-15-3-5-20-6-4-15/h3-7H2,1-2H3,(H,17,18). The monoisotopic (exact) mass is 283 g/mol. The summed E-state index contributed by atoms with van der Waals surface area (Å²) < 4.78 is 7.15. The van der Waals surface area contributed by atoms with Gasteiger partial charge in [0.1, 0.15) is 5.69 Å². The lowest BCUT2D eigenvalue weighted by Gasteiger charge is -2.27. The fourth-order valence-corrected chi connectivity index (χ4v) is 2.31. The van der Waals surface area contributed by atoms with Crippen molar-refractivity contribution in [1.82, 2.24) is 14.0 Å². The third-order valence-corrected chi connectivity index (χ3v) is 3.45. The van der Waals surface area contributed by atoms with Crippen LogP contribution in [0.4, 0.5) is 0 Å². The van der Waals surface area contributed by atoms with Crippen molar-refractivity contribution in [3.8, 4) is 0 Å². The number of carbonyl (C=O) groups is 1. The molecule has 1 aliphatic heterocycles. The van der Waals surface area contributed by atoms with Gasteiger partial charge >= 0.3 is 11.7 Å². The summed E-state index contributed by atoms with van der Waals surface area (Å²) >= 11 is 0. The van der Waals surface area contributed by atoms with Crippen molar-refractivity contribution in [1.29, 1.82) is 0 Å². The molecule has 0 bridgehead atoms. The van der Waals surface area contributed by atoms with Crippen LogP contribution in [0.2, 0.25) is 0 Å². The summed E-state index contributed by atoms with van der Waals surface area (Å²) in [5, 5.41) is 9.26. The van der Waals surface area contributed by atoms with Gasteiger partial charge in [0.05, 0.1) is 18.8 Å². The summed E-state index contributed by atoms with van der Waals surface area (Å²) in [5.41, 5.74) is -1.32. The first-order chi connectivity index (χ1) is 9.43. The van der Waals surface area contributed by atoms with Crippen molar-refractivity contribution in [2.24, 2.45) is 14.1 Å². The van der Waals surface area contributed by atoms with Gasteiger partial charge in [-0.2, -0.15) is 0 Å². The van der Waals surface area contributed by atoms with Crippen molar-refractivity contribution in [2.45, 2.75) is 6.54 Å². The van der Waals surface area contributed by atoms with E-state index < -0.39 is 17.2 Å². The highest BCUT2D eigenvalue weighted by Crippen LogP contribution is 2.07. The molecule has 0 aromatic carbocycles. The largest absolute Gasteiger partial charge is 0.477 e. The van der Waals surface area contributed by atoms with Gasteiger partial charge in [0, 0.05) is 33.7 Å². The van der Waals surface area contributed by atoms with Gasteiger partial charge in [-0.1, -0.05) is 0 Å². The van der Waals surface area contributed by atoms with Crippen LogP contribution in [0.15, 0.2) is 9.59 Å². The van der Waals surface area contributed by atoms with E-state index in [0.29, 0.717) is 26.3 Å².